The van der Waals surface area contributed by atoms with Gasteiger partial charge < -0.3 is 4.90 Å². The van der Waals surface area contributed by atoms with E-state index in [4.69, 9.17) is 4.98 Å². The summed E-state index contributed by atoms with van der Waals surface area (Å²) in [5.41, 5.74) is 3.79. The number of nitrogens with zero attached hydrogens (tertiary/aromatic N) is 5. The predicted molar refractivity (Wildman–Crippen MR) is 116 cm³/mol. The molecule has 0 saturated carbocycles. The first-order valence-electron chi connectivity index (χ1n) is 10.4. The van der Waals surface area contributed by atoms with Gasteiger partial charge in [-0.3, -0.25) is 14.8 Å². The summed E-state index contributed by atoms with van der Waals surface area (Å²) in [7, 11) is 0. The Kier molecular flexibility index (Phi) is 5.57. The lowest BCUT2D eigenvalue weighted by atomic mass is 9.87. The molecule has 1 aliphatic heterocycles. The Morgan fingerprint density at radius 3 is 2.17 bits per heavy atom. The molecule has 1 amide bonds. The van der Waals surface area contributed by atoms with Crippen molar-refractivity contribution in [3.05, 3.63) is 72.3 Å². The maximum Gasteiger partial charge on any atom is 0.253 e. The lowest BCUT2D eigenvalue weighted by Crippen LogP contribution is -2.38. The third-order valence-corrected chi connectivity index (χ3v) is 5.58. The Balaban J connectivity index is 1.60. The second kappa shape index (κ2) is 8.30. The smallest absolute Gasteiger partial charge is 0.253 e. The molecule has 1 saturated heterocycles. The quantitative estimate of drug-likeness (QED) is 0.656. The minimum Gasteiger partial charge on any atom is -0.339 e. The summed E-state index contributed by atoms with van der Waals surface area (Å²) in [6.45, 7) is 7.84. The molecule has 0 radical (unpaired) electrons. The van der Waals surface area contributed by atoms with E-state index >= 15 is 0 Å². The summed E-state index contributed by atoms with van der Waals surface area (Å²) in [6, 6.07) is 7.55. The van der Waals surface area contributed by atoms with Gasteiger partial charge in [0, 0.05) is 66.5 Å². The normalized spacial score (nSPS) is 15.2. The zero-order valence-corrected chi connectivity index (χ0v) is 17.7. The van der Waals surface area contributed by atoms with Gasteiger partial charge in [0.05, 0.1) is 5.69 Å². The fraction of sp³-hybridized carbons (Fsp3) is 0.375. The summed E-state index contributed by atoms with van der Waals surface area (Å²) in [5.74, 6) is 1.22. The number of likely N-dealkylation sites (tertiary alicyclic amines) is 1. The SMILES string of the molecule is CC(C)(C)c1ncc(-c2ccncc2)c(C2CCN(C(=O)c3ccncc3)CC2)n1. The van der Waals surface area contributed by atoms with Crippen LogP contribution in [0.5, 0.6) is 0 Å². The van der Waals surface area contributed by atoms with Gasteiger partial charge in [-0.15, -0.1) is 0 Å². The van der Waals surface area contributed by atoms with Crippen molar-refractivity contribution in [2.75, 3.05) is 13.1 Å². The summed E-state index contributed by atoms with van der Waals surface area (Å²) >= 11 is 0. The van der Waals surface area contributed by atoms with Gasteiger partial charge in [0.15, 0.2) is 0 Å². The van der Waals surface area contributed by atoms with Crippen molar-refractivity contribution in [3.8, 4) is 11.1 Å². The van der Waals surface area contributed by atoms with Crippen molar-refractivity contribution in [2.45, 2.75) is 44.9 Å². The summed E-state index contributed by atoms with van der Waals surface area (Å²) in [5, 5.41) is 0. The van der Waals surface area contributed by atoms with Crippen LogP contribution in [0.2, 0.25) is 0 Å². The molecule has 30 heavy (non-hydrogen) atoms. The van der Waals surface area contributed by atoms with E-state index in [0.717, 1.165) is 48.6 Å². The van der Waals surface area contributed by atoms with Gasteiger partial charge in [0.2, 0.25) is 0 Å². The van der Waals surface area contributed by atoms with Crippen LogP contribution in [-0.2, 0) is 5.41 Å². The standard InChI is InChI=1S/C24H27N5O/c1-24(2,3)23-27-16-20(17-4-10-25-11-5-17)21(28-23)18-8-14-29(15-9-18)22(30)19-6-12-26-13-7-19/h4-7,10-13,16,18H,8-9,14-15H2,1-3H3. The number of rotatable bonds is 3. The van der Waals surface area contributed by atoms with E-state index < -0.39 is 0 Å². The number of carbonyl (C=O) groups is 1. The molecule has 1 aliphatic rings. The van der Waals surface area contributed by atoms with Gasteiger partial charge >= 0.3 is 0 Å². The van der Waals surface area contributed by atoms with Gasteiger partial charge in [-0.05, 0) is 42.7 Å². The average Bonchev–Trinajstić information content (AvgIpc) is 2.79. The van der Waals surface area contributed by atoms with Crippen LogP contribution in [0.25, 0.3) is 11.1 Å². The highest BCUT2D eigenvalue weighted by atomic mass is 16.2. The molecule has 4 heterocycles. The number of pyridine rings is 2. The van der Waals surface area contributed by atoms with Crippen LogP contribution >= 0.6 is 0 Å². The second-order valence-electron chi connectivity index (χ2n) is 8.78. The molecule has 6 heteroatoms. The topological polar surface area (TPSA) is 71.9 Å². The molecule has 3 aromatic rings. The van der Waals surface area contributed by atoms with Crippen molar-refractivity contribution >= 4 is 5.91 Å². The maximum absolute atomic E-state index is 12.8. The van der Waals surface area contributed by atoms with Crippen molar-refractivity contribution in [3.63, 3.8) is 0 Å². The van der Waals surface area contributed by atoms with E-state index in [9.17, 15) is 4.79 Å². The molecular weight excluding hydrogens is 374 g/mol. The molecule has 0 aliphatic carbocycles. The van der Waals surface area contributed by atoms with E-state index in [1.54, 1.807) is 36.9 Å². The number of hydrogen-bond acceptors (Lipinski definition) is 5. The molecule has 0 spiro atoms. The Morgan fingerprint density at radius 1 is 0.967 bits per heavy atom. The zero-order valence-electron chi connectivity index (χ0n) is 17.7. The first-order chi connectivity index (χ1) is 14.4. The molecule has 4 rings (SSSR count). The van der Waals surface area contributed by atoms with Crippen molar-refractivity contribution in [2.24, 2.45) is 0 Å². The number of amides is 1. The van der Waals surface area contributed by atoms with Gasteiger partial charge in [-0.2, -0.15) is 0 Å². The largest absolute Gasteiger partial charge is 0.339 e. The summed E-state index contributed by atoms with van der Waals surface area (Å²) in [6.07, 6.45) is 10.6. The minimum absolute atomic E-state index is 0.0725. The van der Waals surface area contributed by atoms with Crippen LogP contribution in [0.15, 0.2) is 55.2 Å². The van der Waals surface area contributed by atoms with Gasteiger partial charge in [-0.1, -0.05) is 20.8 Å². The summed E-state index contributed by atoms with van der Waals surface area (Å²) in [4.78, 5) is 32.5. The van der Waals surface area contributed by atoms with E-state index in [2.05, 4.69) is 35.7 Å². The molecule has 0 bridgehead atoms. The molecule has 0 aromatic carbocycles. The number of aromatic nitrogens is 4. The number of piperidine rings is 1. The number of hydrogen-bond donors (Lipinski definition) is 0. The lowest BCUT2D eigenvalue weighted by molar-refractivity contribution is 0.0712. The Morgan fingerprint density at radius 2 is 1.57 bits per heavy atom. The summed E-state index contributed by atoms with van der Waals surface area (Å²) < 4.78 is 0. The molecule has 0 N–H and O–H groups in total. The van der Waals surface area contributed by atoms with Crippen LogP contribution in [-0.4, -0.2) is 43.8 Å². The van der Waals surface area contributed by atoms with Crippen LogP contribution in [0.1, 0.15) is 61.4 Å². The molecule has 154 valence electrons. The third kappa shape index (κ3) is 4.22. The van der Waals surface area contributed by atoms with Gasteiger partial charge in [-0.25, -0.2) is 9.97 Å². The molecule has 1 fully saturated rings. The fourth-order valence-electron chi connectivity index (χ4n) is 3.85. The van der Waals surface area contributed by atoms with Gasteiger partial charge in [0.1, 0.15) is 5.82 Å². The monoisotopic (exact) mass is 401 g/mol. The molecule has 6 nitrogen and oxygen atoms in total. The highest BCUT2D eigenvalue weighted by Gasteiger charge is 2.29. The highest BCUT2D eigenvalue weighted by molar-refractivity contribution is 5.94. The Hall–Kier alpha value is -3.15. The van der Waals surface area contributed by atoms with Crippen LogP contribution < -0.4 is 0 Å². The second-order valence-corrected chi connectivity index (χ2v) is 8.78. The third-order valence-electron chi connectivity index (χ3n) is 5.58. The first kappa shape index (κ1) is 20.1. The predicted octanol–water partition coefficient (Wildman–Crippen LogP) is 4.25. The van der Waals surface area contributed by atoms with E-state index in [1.807, 2.05) is 23.2 Å². The van der Waals surface area contributed by atoms with Crippen molar-refractivity contribution < 1.29 is 4.79 Å². The average molecular weight is 402 g/mol. The van der Waals surface area contributed by atoms with Crippen molar-refractivity contribution in [1.82, 2.24) is 24.8 Å². The minimum atomic E-state index is -0.121. The molecule has 0 atom stereocenters. The van der Waals surface area contributed by atoms with E-state index in [1.165, 1.54) is 0 Å². The fourth-order valence-corrected chi connectivity index (χ4v) is 3.85. The van der Waals surface area contributed by atoms with Crippen LogP contribution in [0.3, 0.4) is 0 Å². The van der Waals surface area contributed by atoms with Gasteiger partial charge in [0.25, 0.3) is 5.91 Å². The van der Waals surface area contributed by atoms with E-state index in [-0.39, 0.29) is 11.3 Å². The van der Waals surface area contributed by atoms with Crippen LogP contribution in [0.4, 0.5) is 0 Å². The first-order valence-corrected chi connectivity index (χ1v) is 10.4. The highest BCUT2D eigenvalue weighted by Crippen LogP contribution is 2.35. The Bertz CT molecular complexity index is 1010. The lowest BCUT2D eigenvalue weighted by Gasteiger charge is -2.33. The van der Waals surface area contributed by atoms with Crippen molar-refractivity contribution in [1.29, 1.82) is 0 Å². The van der Waals surface area contributed by atoms with Crippen LogP contribution in [0, 0.1) is 0 Å². The molecular formula is C24H27N5O. The zero-order chi connectivity index (χ0) is 21.1. The number of carbonyl (C=O) groups excluding carboxylic acids is 1. The Labute approximate surface area is 177 Å². The maximum atomic E-state index is 12.8. The molecule has 3 aromatic heterocycles. The van der Waals surface area contributed by atoms with E-state index in [0.29, 0.717) is 11.5 Å². The molecule has 0 unspecified atom stereocenters.